The second-order valence-corrected chi connectivity index (χ2v) is 9.76. The highest BCUT2D eigenvalue weighted by Gasteiger charge is 2.42. The topological polar surface area (TPSA) is 41.6 Å². The molecule has 1 spiro atoms. The van der Waals surface area contributed by atoms with Crippen LogP contribution in [0.2, 0.25) is 0 Å². The molecule has 1 aromatic carbocycles. The van der Waals surface area contributed by atoms with Gasteiger partial charge in [0, 0.05) is 21.8 Å². The molecule has 4 heteroatoms. The Morgan fingerprint density at radius 3 is 2.39 bits per heavy atom. The molecule has 2 heterocycles. The van der Waals surface area contributed by atoms with Crippen molar-refractivity contribution in [3.05, 3.63) is 57.6 Å². The number of halogens is 1. The van der Waals surface area contributed by atoms with E-state index >= 15 is 0 Å². The first kappa shape index (κ1) is 17.0. The monoisotopic (exact) mass is 433 g/mol. The molecule has 0 aliphatic heterocycles. The molecule has 0 saturated heterocycles. The number of fused-ring (bicyclic) bond motifs is 2. The molecule has 0 radical (unpaired) electrons. The van der Waals surface area contributed by atoms with E-state index in [1.807, 2.05) is 12.4 Å². The Kier molecular flexibility index (Phi) is 3.81. The summed E-state index contributed by atoms with van der Waals surface area (Å²) in [6, 6.07) is 4.60. The predicted octanol–water partition coefficient (Wildman–Crippen LogP) is 6.05. The lowest BCUT2D eigenvalue weighted by atomic mass is 9.83. The Morgan fingerprint density at radius 2 is 1.61 bits per heavy atom. The number of aromatic amines is 1. The average Bonchev–Trinajstić information content (AvgIpc) is 3.50. The zero-order chi connectivity index (χ0) is 18.7. The molecule has 1 fully saturated rings. The maximum atomic E-state index is 4.98. The number of imidazole rings is 1. The van der Waals surface area contributed by atoms with Crippen molar-refractivity contribution in [1.82, 2.24) is 15.0 Å². The predicted molar refractivity (Wildman–Crippen MR) is 115 cm³/mol. The Hall–Kier alpha value is -1.94. The van der Waals surface area contributed by atoms with Crippen LogP contribution in [0.5, 0.6) is 0 Å². The zero-order valence-electron chi connectivity index (χ0n) is 16.0. The van der Waals surface area contributed by atoms with E-state index in [-0.39, 0.29) is 0 Å². The molecule has 3 nitrogen and oxygen atoms in total. The lowest BCUT2D eigenvalue weighted by molar-refractivity contribution is 0.317. The van der Waals surface area contributed by atoms with Crippen molar-refractivity contribution in [2.45, 2.75) is 57.8 Å². The maximum Gasteiger partial charge on any atom is 0.0924 e. The van der Waals surface area contributed by atoms with E-state index in [1.54, 1.807) is 6.33 Å². The summed E-state index contributed by atoms with van der Waals surface area (Å²) in [5, 5.41) is 0. The molecule has 0 atom stereocenters. The first-order valence-electron chi connectivity index (χ1n) is 10.5. The molecule has 1 saturated carbocycles. The molecule has 0 bridgehead atoms. The van der Waals surface area contributed by atoms with Crippen LogP contribution in [0.15, 0.2) is 35.3 Å². The van der Waals surface area contributed by atoms with Gasteiger partial charge in [-0.05, 0) is 88.5 Å². The highest BCUT2D eigenvalue weighted by atomic mass is 79.9. The Balaban J connectivity index is 1.51. The van der Waals surface area contributed by atoms with Gasteiger partial charge < -0.3 is 4.98 Å². The van der Waals surface area contributed by atoms with E-state index in [9.17, 15) is 0 Å². The number of nitrogens with one attached hydrogen (secondary N) is 1. The quantitative estimate of drug-likeness (QED) is 0.534. The normalized spacial score (nSPS) is 19.3. The van der Waals surface area contributed by atoms with Crippen LogP contribution < -0.4 is 0 Å². The van der Waals surface area contributed by atoms with E-state index < -0.39 is 0 Å². The molecule has 0 amide bonds. The molecule has 28 heavy (non-hydrogen) atoms. The van der Waals surface area contributed by atoms with Crippen LogP contribution in [-0.4, -0.2) is 15.0 Å². The van der Waals surface area contributed by atoms with Crippen LogP contribution in [0.4, 0.5) is 0 Å². The number of hydrogen-bond acceptors (Lipinski definition) is 2. The first-order chi connectivity index (χ1) is 13.7. The van der Waals surface area contributed by atoms with Gasteiger partial charge in [0.05, 0.1) is 23.9 Å². The molecule has 3 aliphatic carbocycles. The van der Waals surface area contributed by atoms with Crippen LogP contribution in [0.3, 0.4) is 0 Å². The largest absolute Gasteiger partial charge is 0.345 e. The highest BCUT2D eigenvalue weighted by molar-refractivity contribution is 9.10. The lowest BCUT2D eigenvalue weighted by Gasteiger charge is -2.21. The minimum atomic E-state index is 0.502. The minimum Gasteiger partial charge on any atom is -0.345 e. The molecule has 2 aromatic heterocycles. The third kappa shape index (κ3) is 2.46. The van der Waals surface area contributed by atoms with E-state index in [1.165, 1.54) is 88.5 Å². The van der Waals surface area contributed by atoms with Crippen LogP contribution in [-0.2, 0) is 25.7 Å². The SMILES string of the molecule is Brc1cnc(-c2ccc(-c3cnc[nH]3)c3c2CCC3)c2c1CC1(CCCC1)C2. The summed E-state index contributed by atoms with van der Waals surface area (Å²) in [4.78, 5) is 12.5. The Morgan fingerprint density at radius 1 is 0.857 bits per heavy atom. The van der Waals surface area contributed by atoms with Gasteiger partial charge in [-0.1, -0.05) is 25.0 Å². The molecule has 6 rings (SSSR count). The van der Waals surface area contributed by atoms with E-state index in [4.69, 9.17) is 4.98 Å². The number of pyridine rings is 1. The summed E-state index contributed by atoms with van der Waals surface area (Å²) in [6.45, 7) is 0. The van der Waals surface area contributed by atoms with Gasteiger partial charge in [0.15, 0.2) is 0 Å². The Labute approximate surface area is 174 Å². The number of H-pyrrole nitrogens is 1. The summed E-state index contributed by atoms with van der Waals surface area (Å²) in [7, 11) is 0. The Bertz CT molecular complexity index is 1060. The molecular formula is C24H24BrN3. The third-order valence-electron chi connectivity index (χ3n) is 7.34. The number of nitrogens with zero attached hydrogens (tertiary/aromatic N) is 2. The fraction of sp³-hybridized carbons (Fsp3) is 0.417. The van der Waals surface area contributed by atoms with Crippen LogP contribution in [0.1, 0.15) is 54.4 Å². The maximum absolute atomic E-state index is 4.98. The van der Waals surface area contributed by atoms with Crippen LogP contribution in [0.25, 0.3) is 22.5 Å². The molecule has 142 valence electrons. The van der Waals surface area contributed by atoms with Gasteiger partial charge in [0.25, 0.3) is 0 Å². The zero-order valence-corrected chi connectivity index (χ0v) is 17.6. The van der Waals surface area contributed by atoms with Gasteiger partial charge in [0.1, 0.15) is 0 Å². The van der Waals surface area contributed by atoms with Crippen LogP contribution in [0, 0.1) is 5.41 Å². The van der Waals surface area contributed by atoms with Gasteiger partial charge >= 0.3 is 0 Å². The molecule has 3 aromatic rings. The van der Waals surface area contributed by atoms with Crippen molar-refractivity contribution in [2.24, 2.45) is 5.41 Å². The van der Waals surface area contributed by atoms with E-state index in [0.29, 0.717) is 5.41 Å². The second-order valence-electron chi connectivity index (χ2n) is 8.91. The van der Waals surface area contributed by atoms with Gasteiger partial charge in [-0.2, -0.15) is 0 Å². The summed E-state index contributed by atoms with van der Waals surface area (Å²) >= 11 is 3.81. The smallest absolute Gasteiger partial charge is 0.0924 e. The van der Waals surface area contributed by atoms with Crippen molar-refractivity contribution < 1.29 is 0 Å². The van der Waals surface area contributed by atoms with Crippen molar-refractivity contribution in [3.8, 4) is 22.5 Å². The van der Waals surface area contributed by atoms with Gasteiger partial charge in [-0.3, -0.25) is 4.98 Å². The highest BCUT2D eigenvalue weighted by Crippen LogP contribution is 2.52. The van der Waals surface area contributed by atoms with Crippen molar-refractivity contribution in [2.75, 3.05) is 0 Å². The average molecular weight is 434 g/mol. The van der Waals surface area contributed by atoms with Gasteiger partial charge in [0.2, 0.25) is 0 Å². The fourth-order valence-electron chi connectivity index (χ4n) is 6.05. The minimum absolute atomic E-state index is 0.502. The van der Waals surface area contributed by atoms with E-state index in [0.717, 1.165) is 18.5 Å². The van der Waals surface area contributed by atoms with Crippen molar-refractivity contribution >= 4 is 15.9 Å². The number of benzene rings is 1. The number of aromatic nitrogens is 3. The standard InChI is InChI=1S/C24H24BrN3/c25-21-12-27-23(20-11-24(10-19(20)21)8-1-2-9-24)18-7-6-17(22-13-26-14-28-22)15-4-3-5-16(15)18/h6-7,12-14H,1-5,8-11H2,(H,26,28). The van der Waals surface area contributed by atoms with Gasteiger partial charge in [-0.15, -0.1) is 0 Å². The summed E-state index contributed by atoms with van der Waals surface area (Å²) in [5.41, 5.74) is 11.6. The second kappa shape index (κ2) is 6.28. The van der Waals surface area contributed by atoms with Gasteiger partial charge in [-0.25, -0.2) is 4.98 Å². The molecule has 3 aliphatic rings. The summed E-state index contributed by atoms with van der Waals surface area (Å²) in [6.07, 6.45) is 17.3. The molecule has 1 N–H and O–H groups in total. The first-order valence-corrected chi connectivity index (χ1v) is 11.3. The van der Waals surface area contributed by atoms with E-state index in [2.05, 4.69) is 38.0 Å². The summed E-state index contributed by atoms with van der Waals surface area (Å²) < 4.78 is 1.21. The number of hydrogen-bond donors (Lipinski definition) is 1. The molecular weight excluding hydrogens is 410 g/mol. The van der Waals surface area contributed by atoms with Crippen molar-refractivity contribution in [3.63, 3.8) is 0 Å². The third-order valence-corrected chi connectivity index (χ3v) is 8.02. The van der Waals surface area contributed by atoms with Crippen LogP contribution >= 0.6 is 15.9 Å². The molecule has 0 unspecified atom stereocenters. The number of rotatable bonds is 2. The fourth-order valence-corrected chi connectivity index (χ4v) is 6.53. The summed E-state index contributed by atoms with van der Waals surface area (Å²) in [5.74, 6) is 0. The lowest BCUT2D eigenvalue weighted by Crippen LogP contribution is -2.15. The van der Waals surface area contributed by atoms with Crippen molar-refractivity contribution in [1.29, 1.82) is 0 Å².